The van der Waals surface area contributed by atoms with E-state index in [1.807, 2.05) is 13.0 Å². The molecule has 2 rings (SSSR count). The zero-order chi connectivity index (χ0) is 12.8. The van der Waals surface area contributed by atoms with E-state index in [4.69, 9.17) is 4.74 Å². The molecular weight excluding hydrogens is 226 g/mol. The highest BCUT2D eigenvalue weighted by atomic mass is 16.5. The first-order valence-electron chi connectivity index (χ1n) is 6.96. The molecule has 0 aliphatic carbocycles. The lowest BCUT2D eigenvalue weighted by Crippen LogP contribution is -2.30. The number of rotatable bonds is 5. The first-order valence-corrected chi connectivity index (χ1v) is 6.96. The van der Waals surface area contributed by atoms with Crippen molar-refractivity contribution in [1.82, 2.24) is 15.3 Å². The zero-order valence-corrected chi connectivity index (χ0v) is 11.4. The van der Waals surface area contributed by atoms with Crippen molar-refractivity contribution in [3.63, 3.8) is 0 Å². The van der Waals surface area contributed by atoms with Crippen LogP contribution in [0.4, 0.5) is 0 Å². The summed E-state index contributed by atoms with van der Waals surface area (Å²) in [6.07, 6.45) is 4.64. The molecule has 1 aromatic rings. The maximum Gasteiger partial charge on any atom is 0.216 e. The standard InChI is InChI=1S/C14H23N3O/c1-3-13-9-14(17-11(2)16-13)18-8-6-12-5-4-7-15-10-12/h9,12,15H,3-8,10H2,1-2H3. The fourth-order valence-electron chi connectivity index (χ4n) is 2.35. The highest BCUT2D eigenvalue weighted by Gasteiger charge is 2.12. The maximum absolute atomic E-state index is 5.75. The second-order valence-corrected chi connectivity index (χ2v) is 4.95. The van der Waals surface area contributed by atoms with Gasteiger partial charge in [-0.2, -0.15) is 4.98 Å². The number of aryl methyl sites for hydroxylation is 2. The Bertz CT molecular complexity index is 375. The lowest BCUT2D eigenvalue weighted by atomic mass is 9.97. The molecule has 1 N–H and O–H groups in total. The van der Waals surface area contributed by atoms with Crippen molar-refractivity contribution in [2.45, 2.75) is 39.5 Å². The van der Waals surface area contributed by atoms with Crippen LogP contribution in [0.1, 0.15) is 37.7 Å². The summed E-state index contributed by atoms with van der Waals surface area (Å²) >= 11 is 0. The summed E-state index contributed by atoms with van der Waals surface area (Å²) < 4.78 is 5.75. The van der Waals surface area contributed by atoms with Gasteiger partial charge in [0.25, 0.3) is 0 Å². The quantitative estimate of drug-likeness (QED) is 0.868. The zero-order valence-electron chi connectivity index (χ0n) is 11.4. The van der Waals surface area contributed by atoms with Gasteiger partial charge in [0.1, 0.15) is 5.82 Å². The van der Waals surface area contributed by atoms with Crippen LogP contribution in [0.25, 0.3) is 0 Å². The molecule has 2 heterocycles. The molecule has 0 saturated carbocycles. The van der Waals surface area contributed by atoms with Gasteiger partial charge in [-0.15, -0.1) is 0 Å². The molecular formula is C14H23N3O. The lowest BCUT2D eigenvalue weighted by molar-refractivity contribution is 0.246. The Hall–Kier alpha value is -1.16. The van der Waals surface area contributed by atoms with E-state index in [0.717, 1.165) is 49.3 Å². The van der Waals surface area contributed by atoms with Crippen molar-refractivity contribution in [3.8, 4) is 5.88 Å². The van der Waals surface area contributed by atoms with E-state index >= 15 is 0 Å². The monoisotopic (exact) mass is 249 g/mol. The Morgan fingerprint density at radius 3 is 3.06 bits per heavy atom. The van der Waals surface area contributed by atoms with Crippen molar-refractivity contribution in [1.29, 1.82) is 0 Å². The number of hydrogen-bond acceptors (Lipinski definition) is 4. The Labute approximate surface area is 109 Å². The Balaban J connectivity index is 1.80. The van der Waals surface area contributed by atoms with Gasteiger partial charge in [0, 0.05) is 11.8 Å². The predicted octanol–water partition coefficient (Wildman–Crippen LogP) is 2.12. The molecule has 1 aromatic heterocycles. The van der Waals surface area contributed by atoms with E-state index in [9.17, 15) is 0 Å². The fraction of sp³-hybridized carbons (Fsp3) is 0.714. The third kappa shape index (κ3) is 3.95. The Kier molecular flexibility index (Phi) is 4.93. The summed E-state index contributed by atoms with van der Waals surface area (Å²) in [4.78, 5) is 8.66. The van der Waals surface area contributed by atoms with Crippen LogP contribution in [0.2, 0.25) is 0 Å². The Morgan fingerprint density at radius 2 is 2.33 bits per heavy atom. The van der Waals surface area contributed by atoms with Crippen molar-refractivity contribution in [2.75, 3.05) is 19.7 Å². The number of aromatic nitrogens is 2. The summed E-state index contributed by atoms with van der Waals surface area (Å²) in [6, 6.07) is 1.95. The lowest BCUT2D eigenvalue weighted by Gasteiger charge is -2.22. The Morgan fingerprint density at radius 1 is 1.44 bits per heavy atom. The summed E-state index contributed by atoms with van der Waals surface area (Å²) in [5.41, 5.74) is 1.05. The van der Waals surface area contributed by atoms with E-state index in [2.05, 4.69) is 22.2 Å². The molecule has 4 nitrogen and oxygen atoms in total. The van der Waals surface area contributed by atoms with Gasteiger partial charge in [-0.05, 0) is 51.6 Å². The molecule has 0 radical (unpaired) electrons. The minimum Gasteiger partial charge on any atom is -0.478 e. The maximum atomic E-state index is 5.75. The summed E-state index contributed by atoms with van der Waals surface area (Å²) in [5.74, 6) is 2.28. The number of nitrogens with zero attached hydrogens (tertiary/aromatic N) is 2. The number of piperidine rings is 1. The van der Waals surface area contributed by atoms with E-state index < -0.39 is 0 Å². The average molecular weight is 249 g/mol. The van der Waals surface area contributed by atoms with Gasteiger partial charge >= 0.3 is 0 Å². The second-order valence-electron chi connectivity index (χ2n) is 4.95. The van der Waals surface area contributed by atoms with Crippen LogP contribution in [0, 0.1) is 12.8 Å². The van der Waals surface area contributed by atoms with Crippen LogP contribution in [0.5, 0.6) is 5.88 Å². The number of ether oxygens (including phenoxy) is 1. The van der Waals surface area contributed by atoms with Crippen LogP contribution < -0.4 is 10.1 Å². The summed E-state index contributed by atoms with van der Waals surface area (Å²) in [7, 11) is 0. The molecule has 0 bridgehead atoms. The van der Waals surface area contributed by atoms with Crippen LogP contribution in [-0.4, -0.2) is 29.7 Å². The minimum absolute atomic E-state index is 0.725. The molecule has 1 atom stereocenters. The second kappa shape index (κ2) is 6.69. The molecule has 1 aliphatic heterocycles. The van der Waals surface area contributed by atoms with Crippen LogP contribution in [0.15, 0.2) is 6.07 Å². The molecule has 1 saturated heterocycles. The molecule has 18 heavy (non-hydrogen) atoms. The predicted molar refractivity (Wildman–Crippen MR) is 71.9 cm³/mol. The van der Waals surface area contributed by atoms with E-state index in [1.165, 1.54) is 19.4 Å². The number of nitrogens with one attached hydrogen (secondary N) is 1. The first-order chi connectivity index (χ1) is 8.78. The summed E-state index contributed by atoms with van der Waals surface area (Å²) in [6.45, 7) is 7.07. The smallest absolute Gasteiger partial charge is 0.216 e. The molecule has 1 unspecified atom stereocenters. The van der Waals surface area contributed by atoms with Crippen molar-refractivity contribution >= 4 is 0 Å². The molecule has 4 heteroatoms. The molecule has 0 aromatic carbocycles. The minimum atomic E-state index is 0.725. The topological polar surface area (TPSA) is 47.0 Å². The normalized spacial score (nSPS) is 19.8. The first kappa shape index (κ1) is 13.3. The summed E-state index contributed by atoms with van der Waals surface area (Å²) in [5, 5.41) is 3.43. The fourth-order valence-corrected chi connectivity index (χ4v) is 2.35. The van der Waals surface area contributed by atoms with Crippen molar-refractivity contribution in [2.24, 2.45) is 5.92 Å². The largest absolute Gasteiger partial charge is 0.478 e. The highest BCUT2D eigenvalue weighted by molar-refractivity contribution is 5.15. The van der Waals surface area contributed by atoms with Crippen LogP contribution in [-0.2, 0) is 6.42 Å². The van der Waals surface area contributed by atoms with Gasteiger partial charge in [-0.25, -0.2) is 4.98 Å². The highest BCUT2D eigenvalue weighted by Crippen LogP contribution is 2.15. The SMILES string of the molecule is CCc1cc(OCCC2CCCNC2)nc(C)n1. The van der Waals surface area contributed by atoms with Gasteiger partial charge in [0.2, 0.25) is 5.88 Å². The van der Waals surface area contributed by atoms with Crippen LogP contribution in [0.3, 0.4) is 0 Å². The van der Waals surface area contributed by atoms with E-state index in [0.29, 0.717) is 0 Å². The molecule has 0 spiro atoms. The van der Waals surface area contributed by atoms with E-state index in [-0.39, 0.29) is 0 Å². The van der Waals surface area contributed by atoms with Crippen molar-refractivity contribution in [3.05, 3.63) is 17.6 Å². The molecule has 0 amide bonds. The number of hydrogen-bond donors (Lipinski definition) is 1. The molecule has 1 aliphatic rings. The third-order valence-corrected chi connectivity index (χ3v) is 3.40. The third-order valence-electron chi connectivity index (χ3n) is 3.40. The molecule has 100 valence electrons. The van der Waals surface area contributed by atoms with Gasteiger partial charge in [0.05, 0.1) is 6.61 Å². The van der Waals surface area contributed by atoms with E-state index in [1.54, 1.807) is 0 Å². The molecule has 1 fully saturated rings. The van der Waals surface area contributed by atoms with Gasteiger partial charge in [-0.1, -0.05) is 6.92 Å². The average Bonchev–Trinajstić information content (AvgIpc) is 2.39. The van der Waals surface area contributed by atoms with Crippen molar-refractivity contribution < 1.29 is 4.74 Å². The van der Waals surface area contributed by atoms with Gasteiger partial charge < -0.3 is 10.1 Å². The van der Waals surface area contributed by atoms with Crippen LogP contribution >= 0.6 is 0 Å². The van der Waals surface area contributed by atoms with Gasteiger partial charge in [0.15, 0.2) is 0 Å². The van der Waals surface area contributed by atoms with Gasteiger partial charge in [-0.3, -0.25) is 0 Å².